The summed E-state index contributed by atoms with van der Waals surface area (Å²) in [4.78, 5) is 18.5. The van der Waals surface area contributed by atoms with Crippen molar-refractivity contribution in [1.29, 1.82) is 0 Å². The van der Waals surface area contributed by atoms with Gasteiger partial charge in [-0.1, -0.05) is 6.42 Å². The Morgan fingerprint density at radius 2 is 1.96 bits per heavy atom. The number of rotatable bonds is 5. The summed E-state index contributed by atoms with van der Waals surface area (Å²) >= 11 is 0. The number of primary amides is 1. The van der Waals surface area contributed by atoms with Crippen LogP contribution in [-0.2, 0) is 10.3 Å². The monoisotopic (exact) mass is 369 g/mol. The molecule has 2 heterocycles. The SMILES string of the molecule is CO[C@]1(c2ccnc(C(N)=O)c2)[C@@H]2CCC[C@H]1CN(C[C@@H]1C[C@@H]3C[C@@H]3C1)C2. The summed E-state index contributed by atoms with van der Waals surface area (Å²) < 4.78 is 6.30. The van der Waals surface area contributed by atoms with Crippen molar-refractivity contribution in [3.05, 3.63) is 29.6 Å². The van der Waals surface area contributed by atoms with E-state index >= 15 is 0 Å². The van der Waals surface area contributed by atoms with Gasteiger partial charge in [0.1, 0.15) is 11.3 Å². The lowest BCUT2D eigenvalue weighted by Crippen LogP contribution is -2.59. The van der Waals surface area contributed by atoms with Crippen molar-refractivity contribution >= 4 is 5.91 Å². The van der Waals surface area contributed by atoms with Crippen molar-refractivity contribution in [3.8, 4) is 0 Å². The summed E-state index contributed by atoms with van der Waals surface area (Å²) in [5.74, 6) is 3.49. The van der Waals surface area contributed by atoms with Gasteiger partial charge in [-0.3, -0.25) is 9.78 Å². The summed E-state index contributed by atoms with van der Waals surface area (Å²) in [5.41, 5.74) is 6.61. The fourth-order valence-electron chi connectivity index (χ4n) is 6.76. The number of ether oxygens (including phenoxy) is 1. The molecular weight excluding hydrogens is 338 g/mol. The van der Waals surface area contributed by atoms with E-state index < -0.39 is 5.91 Å². The van der Waals surface area contributed by atoms with Gasteiger partial charge in [-0.05, 0) is 67.6 Å². The minimum absolute atomic E-state index is 0.306. The lowest BCUT2D eigenvalue weighted by Gasteiger charge is -2.55. The van der Waals surface area contributed by atoms with Crippen LogP contribution in [0.1, 0.15) is 54.6 Å². The number of amides is 1. The number of nitrogens with two attached hydrogens (primary N) is 1. The zero-order valence-corrected chi connectivity index (χ0v) is 16.3. The molecule has 1 aromatic heterocycles. The average molecular weight is 370 g/mol. The van der Waals surface area contributed by atoms with Crippen LogP contribution in [0.5, 0.6) is 0 Å². The normalized spacial score (nSPS) is 40.6. The summed E-state index contributed by atoms with van der Waals surface area (Å²) in [6, 6.07) is 3.90. The molecular formula is C22H31N3O2. The Balaban J connectivity index is 1.40. The zero-order chi connectivity index (χ0) is 18.6. The van der Waals surface area contributed by atoms with Gasteiger partial charge in [-0.25, -0.2) is 0 Å². The van der Waals surface area contributed by atoms with Crippen molar-refractivity contribution in [1.82, 2.24) is 9.88 Å². The molecule has 3 aliphatic carbocycles. The van der Waals surface area contributed by atoms with Crippen molar-refractivity contribution in [2.75, 3.05) is 26.7 Å². The van der Waals surface area contributed by atoms with E-state index in [-0.39, 0.29) is 5.60 Å². The number of pyridine rings is 1. The minimum atomic E-state index is -0.467. The maximum Gasteiger partial charge on any atom is 0.267 e. The molecule has 6 atom stereocenters. The number of aromatic nitrogens is 1. The molecule has 27 heavy (non-hydrogen) atoms. The Kier molecular flexibility index (Phi) is 4.28. The molecule has 5 heteroatoms. The van der Waals surface area contributed by atoms with E-state index in [1.165, 1.54) is 45.1 Å². The molecule has 1 amide bonds. The number of carbonyl (C=O) groups excluding carboxylic acids is 1. The van der Waals surface area contributed by atoms with Gasteiger partial charge in [0.25, 0.3) is 5.91 Å². The van der Waals surface area contributed by atoms with Gasteiger partial charge in [-0.15, -0.1) is 0 Å². The molecule has 146 valence electrons. The molecule has 2 bridgehead atoms. The van der Waals surface area contributed by atoms with Crippen LogP contribution in [0.15, 0.2) is 18.3 Å². The molecule has 1 aromatic rings. The average Bonchev–Trinajstić information content (AvgIpc) is 3.27. The Morgan fingerprint density at radius 3 is 2.59 bits per heavy atom. The molecule has 3 saturated carbocycles. The van der Waals surface area contributed by atoms with Gasteiger partial charge < -0.3 is 15.4 Å². The number of hydrogen-bond acceptors (Lipinski definition) is 4. The summed E-state index contributed by atoms with van der Waals surface area (Å²) in [5, 5.41) is 0. The van der Waals surface area contributed by atoms with Crippen LogP contribution in [0.4, 0.5) is 0 Å². The van der Waals surface area contributed by atoms with Crippen LogP contribution in [0.2, 0.25) is 0 Å². The highest BCUT2D eigenvalue weighted by Crippen LogP contribution is 2.55. The number of fused-ring (bicyclic) bond motifs is 3. The molecule has 2 N–H and O–H groups in total. The second kappa shape index (κ2) is 6.56. The van der Waals surface area contributed by atoms with E-state index in [1.807, 2.05) is 19.2 Å². The first-order valence-corrected chi connectivity index (χ1v) is 10.6. The second-order valence-corrected chi connectivity index (χ2v) is 9.43. The van der Waals surface area contributed by atoms with Crippen molar-refractivity contribution in [3.63, 3.8) is 0 Å². The van der Waals surface area contributed by atoms with Crippen LogP contribution >= 0.6 is 0 Å². The van der Waals surface area contributed by atoms with Gasteiger partial charge in [0.2, 0.25) is 0 Å². The van der Waals surface area contributed by atoms with Crippen LogP contribution in [0.3, 0.4) is 0 Å². The van der Waals surface area contributed by atoms with Gasteiger partial charge >= 0.3 is 0 Å². The molecule has 0 unspecified atom stereocenters. The predicted molar refractivity (Wildman–Crippen MR) is 103 cm³/mol. The molecule has 1 aliphatic heterocycles. The van der Waals surface area contributed by atoms with Crippen LogP contribution in [0.25, 0.3) is 0 Å². The quantitative estimate of drug-likeness (QED) is 0.867. The van der Waals surface area contributed by atoms with E-state index in [1.54, 1.807) is 6.20 Å². The topological polar surface area (TPSA) is 68.5 Å². The number of hydrogen-bond donors (Lipinski definition) is 1. The first-order valence-electron chi connectivity index (χ1n) is 10.6. The molecule has 1 saturated heterocycles. The van der Waals surface area contributed by atoms with Crippen molar-refractivity contribution < 1.29 is 9.53 Å². The highest BCUT2D eigenvalue weighted by molar-refractivity contribution is 5.90. The first kappa shape index (κ1) is 17.6. The number of piperidine rings is 1. The van der Waals surface area contributed by atoms with Gasteiger partial charge in [0.15, 0.2) is 0 Å². The summed E-state index contributed by atoms with van der Waals surface area (Å²) in [6.07, 6.45) is 9.77. The molecule has 4 fully saturated rings. The standard InChI is InChI=1S/C22H31N3O2/c1-27-22(17-5-6-24-20(10-17)21(23)26)18-3-2-4-19(22)13-25(12-18)11-14-7-15-9-16(15)8-14/h5-6,10,14-16,18-19H,2-4,7-9,11-13H2,1H3,(H2,23,26)/t14-,15-,16+,18-,19+,22-. The highest BCUT2D eigenvalue weighted by atomic mass is 16.5. The molecule has 5 nitrogen and oxygen atoms in total. The van der Waals surface area contributed by atoms with Crippen molar-refractivity contribution in [2.45, 2.75) is 44.1 Å². The zero-order valence-electron chi connectivity index (χ0n) is 16.3. The lowest BCUT2D eigenvalue weighted by atomic mass is 9.62. The second-order valence-electron chi connectivity index (χ2n) is 9.43. The number of methoxy groups -OCH3 is 1. The van der Waals surface area contributed by atoms with E-state index in [4.69, 9.17) is 10.5 Å². The van der Waals surface area contributed by atoms with Gasteiger partial charge in [0.05, 0.1) is 0 Å². The Hall–Kier alpha value is -1.46. The van der Waals surface area contributed by atoms with Gasteiger partial charge in [-0.2, -0.15) is 0 Å². The molecule has 4 aliphatic rings. The Bertz CT molecular complexity index is 712. The molecule has 0 spiro atoms. The number of carbonyl (C=O) groups is 1. The fourth-order valence-corrected chi connectivity index (χ4v) is 6.76. The highest BCUT2D eigenvalue weighted by Gasteiger charge is 2.54. The van der Waals surface area contributed by atoms with E-state index in [0.29, 0.717) is 17.5 Å². The lowest BCUT2D eigenvalue weighted by molar-refractivity contribution is -0.170. The van der Waals surface area contributed by atoms with Crippen LogP contribution in [-0.4, -0.2) is 42.5 Å². The Labute approximate surface area is 161 Å². The molecule has 0 aromatic carbocycles. The van der Waals surface area contributed by atoms with E-state index in [2.05, 4.69) is 9.88 Å². The Morgan fingerprint density at radius 1 is 1.26 bits per heavy atom. The molecule has 0 radical (unpaired) electrons. The number of nitrogens with zero attached hydrogens (tertiary/aromatic N) is 2. The largest absolute Gasteiger partial charge is 0.373 e. The fraction of sp³-hybridized carbons (Fsp3) is 0.727. The van der Waals surface area contributed by atoms with E-state index in [0.717, 1.165) is 36.4 Å². The first-order chi connectivity index (χ1) is 13.1. The van der Waals surface area contributed by atoms with Crippen LogP contribution in [0, 0.1) is 29.6 Å². The minimum Gasteiger partial charge on any atom is -0.373 e. The maximum atomic E-state index is 11.7. The third-order valence-electron chi connectivity index (χ3n) is 7.93. The molecule has 5 rings (SSSR count). The third kappa shape index (κ3) is 2.90. The summed E-state index contributed by atoms with van der Waals surface area (Å²) in [7, 11) is 1.84. The van der Waals surface area contributed by atoms with Gasteiger partial charge in [0, 0.05) is 44.8 Å². The predicted octanol–water partition coefficient (Wildman–Crippen LogP) is 2.80. The van der Waals surface area contributed by atoms with Crippen molar-refractivity contribution in [2.24, 2.45) is 35.3 Å². The van der Waals surface area contributed by atoms with E-state index in [9.17, 15) is 4.79 Å². The number of likely N-dealkylation sites (tertiary alicyclic amines) is 1. The third-order valence-corrected chi connectivity index (χ3v) is 7.93. The smallest absolute Gasteiger partial charge is 0.267 e. The maximum absolute atomic E-state index is 11.7. The van der Waals surface area contributed by atoms with Crippen LogP contribution < -0.4 is 5.73 Å². The summed E-state index contributed by atoms with van der Waals surface area (Å²) in [6.45, 7) is 3.47.